The van der Waals surface area contributed by atoms with Gasteiger partial charge in [-0.15, -0.1) is 0 Å². The second-order valence-corrected chi connectivity index (χ2v) is 4.53. The van der Waals surface area contributed by atoms with Crippen molar-refractivity contribution in [3.8, 4) is 5.75 Å². The third-order valence-corrected chi connectivity index (χ3v) is 2.63. The van der Waals surface area contributed by atoms with Crippen molar-refractivity contribution in [1.82, 2.24) is 5.32 Å². The molecule has 1 atom stereocenters. The largest absolute Gasteiger partial charge is 0.492 e. The third kappa shape index (κ3) is 6.63. The van der Waals surface area contributed by atoms with Crippen LogP contribution in [0.3, 0.4) is 0 Å². The lowest BCUT2D eigenvalue weighted by molar-refractivity contribution is 0.0641. The number of methoxy groups -OCH3 is 1. The maximum atomic E-state index is 9.36. The van der Waals surface area contributed by atoms with Crippen molar-refractivity contribution >= 4 is 15.9 Å². The molecule has 17 heavy (non-hydrogen) atoms. The molecule has 0 heterocycles. The summed E-state index contributed by atoms with van der Waals surface area (Å²) in [5, 5.41) is 12.4. The van der Waals surface area contributed by atoms with E-state index < -0.39 is 6.10 Å². The van der Waals surface area contributed by atoms with Crippen LogP contribution in [0.1, 0.15) is 0 Å². The molecule has 0 aliphatic heterocycles. The number of aliphatic hydroxyl groups excluding tert-OH is 1. The van der Waals surface area contributed by atoms with E-state index in [9.17, 15) is 5.11 Å². The fourth-order valence-electron chi connectivity index (χ4n) is 1.29. The van der Waals surface area contributed by atoms with Crippen LogP contribution >= 0.6 is 15.9 Å². The Kier molecular flexibility index (Phi) is 7.19. The van der Waals surface area contributed by atoms with Crippen molar-refractivity contribution in [2.75, 3.05) is 33.4 Å². The highest BCUT2D eigenvalue weighted by Crippen LogP contribution is 2.15. The summed E-state index contributed by atoms with van der Waals surface area (Å²) < 4.78 is 11.4. The molecule has 0 amide bonds. The molecule has 0 radical (unpaired) electrons. The summed E-state index contributed by atoms with van der Waals surface area (Å²) in [6.45, 7) is 2.12. The normalized spacial score (nSPS) is 12.4. The Hall–Kier alpha value is -0.620. The minimum Gasteiger partial charge on any atom is -0.492 e. The highest BCUT2D eigenvalue weighted by atomic mass is 79.9. The maximum absolute atomic E-state index is 9.36. The number of rotatable bonds is 8. The molecular formula is C12H18BrNO3. The Morgan fingerprint density at radius 2 is 2.06 bits per heavy atom. The quantitative estimate of drug-likeness (QED) is 0.713. The van der Waals surface area contributed by atoms with E-state index in [-0.39, 0.29) is 0 Å². The number of halogens is 1. The van der Waals surface area contributed by atoms with Crippen molar-refractivity contribution in [1.29, 1.82) is 0 Å². The molecule has 0 aliphatic rings. The summed E-state index contributed by atoms with van der Waals surface area (Å²) in [4.78, 5) is 0. The summed E-state index contributed by atoms with van der Waals surface area (Å²) in [6, 6.07) is 7.68. The summed E-state index contributed by atoms with van der Waals surface area (Å²) in [5.74, 6) is 0.840. The monoisotopic (exact) mass is 303 g/mol. The van der Waals surface area contributed by atoms with Crippen molar-refractivity contribution < 1.29 is 14.6 Å². The van der Waals surface area contributed by atoms with E-state index in [0.29, 0.717) is 26.3 Å². The van der Waals surface area contributed by atoms with Crippen LogP contribution in [0.4, 0.5) is 0 Å². The van der Waals surface area contributed by atoms with Crippen LogP contribution in [0.5, 0.6) is 5.75 Å². The third-order valence-electron chi connectivity index (χ3n) is 2.10. The molecule has 96 valence electrons. The number of aliphatic hydroxyl groups is 1. The SMILES string of the molecule is COCC(O)CNCCOc1ccc(Br)cc1. The molecule has 1 rings (SSSR count). The van der Waals surface area contributed by atoms with E-state index in [1.165, 1.54) is 0 Å². The van der Waals surface area contributed by atoms with Gasteiger partial charge < -0.3 is 19.9 Å². The Bertz CT molecular complexity index is 305. The first kappa shape index (κ1) is 14.4. The predicted octanol–water partition coefficient (Wildman–Crippen LogP) is 1.42. The van der Waals surface area contributed by atoms with Gasteiger partial charge in [0.25, 0.3) is 0 Å². The van der Waals surface area contributed by atoms with Gasteiger partial charge in [0.1, 0.15) is 12.4 Å². The van der Waals surface area contributed by atoms with Crippen LogP contribution in [0, 0.1) is 0 Å². The molecule has 4 nitrogen and oxygen atoms in total. The van der Waals surface area contributed by atoms with Gasteiger partial charge in [-0.1, -0.05) is 15.9 Å². The van der Waals surface area contributed by atoms with Crippen molar-refractivity contribution in [3.63, 3.8) is 0 Å². The molecular weight excluding hydrogens is 286 g/mol. The standard InChI is InChI=1S/C12H18BrNO3/c1-16-9-11(15)8-14-6-7-17-12-4-2-10(13)3-5-12/h2-5,11,14-15H,6-9H2,1H3. The van der Waals surface area contributed by atoms with E-state index in [0.717, 1.165) is 10.2 Å². The van der Waals surface area contributed by atoms with E-state index in [1.54, 1.807) is 7.11 Å². The summed E-state index contributed by atoms with van der Waals surface area (Å²) in [5.41, 5.74) is 0. The molecule has 0 spiro atoms. The second kappa shape index (κ2) is 8.47. The molecule has 0 aliphatic carbocycles. The van der Waals surface area contributed by atoms with Crippen LogP contribution in [-0.4, -0.2) is 44.6 Å². The van der Waals surface area contributed by atoms with E-state index >= 15 is 0 Å². The zero-order valence-corrected chi connectivity index (χ0v) is 11.4. The van der Waals surface area contributed by atoms with Gasteiger partial charge in [-0.05, 0) is 24.3 Å². The molecule has 0 bridgehead atoms. The van der Waals surface area contributed by atoms with Crippen molar-refractivity contribution in [2.24, 2.45) is 0 Å². The molecule has 0 saturated carbocycles. The van der Waals surface area contributed by atoms with Gasteiger partial charge in [-0.3, -0.25) is 0 Å². The maximum Gasteiger partial charge on any atom is 0.119 e. The summed E-state index contributed by atoms with van der Waals surface area (Å²) in [6.07, 6.45) is -0.465. The Morgan fingerprint density at radius 3 is 2.71 bits per heavy atom. The van der Waals surface area contributed by atoms with Crippen molar-refractivity contribution in [3.05, 3.63) is 28.7 Å². The van der Waals surface area contributed by atoms with E-state index in [1.807, 2.05) is 24.3 Å². The average molecular weight is 304 g/mol. The number of benzene rings is 1. The Balaban J connectivity index is 2.06. The molecule has 2 N–H and O–H groups in total. The van der Waals surface area contributed by atoms with Gasteiger partial charge in [0, 0.05) is 24.7 Å². The first-order valence-electron chi connectivity index (χ1n) is 5.48. The summed E-state index contributed by atoms with van der Waals surface area (Å²) in [7, 11) is 1.57. The van der Waals surface area contributed by atoms with Gasteiger partial charge in [0.15, 0.2) is 0 Å². The zero-order valence-electron chi connectivity index (χ0n) is 9.86. The van der Waals surface area contributed by atoms with Gasteiger partial charge in [-0.2, -0.15) is 0 Å². The Morgan fingerprint density at radius 1 is 1.35 bits per heavy atom. The molecule has 0 aromatic heterocycles. The second-order valence-electron chi connectivity index (χ2n) is 3.62. The fourth-order valence-corrected chi connectivity index (χ4v) is 1.56. The van der Waals surface area contributed by atoms with E-state index in [4.69, 9.17) is 9.47 Å². The van der Waals surface area contributed by atoms with Gasteiger partial charge >= 0.3 is 0 Å². The molecule has 5 heteroatoms. The predicted molar refractivity (Wildman–Crippen MR) is 70.4 cm³/mol. The first-order valence-corrected chi connectivity index (χ1v) is 6.27. The lowest BCUT2D eigenvalue weighted by atomic mass is 10.3. The highest BCUT2D eigenvalue weighted by molar-refractivity contribution is 9.10. The fraction of sp³-hybridized carbons (Fsp3) is 0.500. The molecule has 0 saturated heterocycles. The molecule has 1 aromatic rings. The Labute approximate surface area is 110 Å². The molecule has 1 aromatic carbocycles. The minimum atomic E-state index is -0.465. The highest BCUT2D eigenvalue weighted by Gasteiger charge is 2.01. The topological polar surface area (TPSA) is 50.7 Å². The minimum absolute atomic E-state index is 0.348. The van der Waals surface area contributed by atoms with Crippen LogP contribution in [0.15, 0.2) is 28.7 Å². The number of hydrogen-bond acceptors (Lipinski definition) is 4. The zero-order chi connectivity index (χ0) is 12.5. The van der Waals surface area contributed by atoms with Gasteiger partial charge in [0.2, 0.25) is 0 Å². The number of ether oxygens (including phenoxy) is 2. The van der Waals surface area contributed by atoms with Gasteiger partial charge in [0.05, 0.1) is 12.7 Å². The average Bonchev–Trinajstić information content (AvgIpc) is 2.31. The lowest BCUT2D eigenvalue weighted by Crippen LogP contribution is -2.32. The smallest absolute Gasteiger partial charge is 0.119 e. The molecule has 0 fully saturated rings. The van der Waals surface area contributed by atoms with E-state index in [2.05, 4.69) is 21.2 Å². The van der Waals surface area contributed by atoms with Crippen LogP contribution in [-0.2, 0) is 4.74 Å². The number of nitrogens with one attached hydrogen (secondary N) is 1. The number of hydrogen-bond donors (Lipinski definition) is 2. The molecule has 1 unspecified atom stereocenters. The lowest BCUT2D eigenvalue weighted by Gasteiger charge is -2.11. The summed E-state index contributed by atoms with van der Waals surface area (Å²) >= 11 is 3.36. The first-order chi connectivity index (χ1) is 8.22. The van der Waals surface area contributed by atoms with Crippen LogP contribution in [0.25, 0.3) is 0 Å². The van der Waals surface area contributed by atoms with Gasteiger partial charge in [-0.25, -0.2) is 0 Å². The van der Waals surface area contributed by atoms with Crippen molar-refractivity contribution in [2.45, 2.75) is 6.10 Å². The van der Waals surface area contributed by atoms with Crippen LogP contribution in [0.2, 0.25) is 0 Å². The van der Waals surface area contributed by atoms with Crippen LogP contribution < -0.4 is 10.1 Å².